The summed E-state index contributed by atoms with van der Waals surface area (Å²) in [7, 11) is -4.17. The maximum atomic E-state index is 13.0. The maximum Gasteiger partial charge on any atom is 0.266 e. The number of rotatable bonds is 4. The lowest BCUT2D eigenvalue weighted by atomic mass is 9.83. The lowest BCUT2D eigenvalue weighted by molar-refractivity contribution is -0.123. The van der Waals surface area contributed by atoms with Crippen molar-refractivity contribution in [3.63, 3.8) is 0 Å². The van der Waals surface area contributed by atoms with Crippen molar-refractivity contribution in [2.75, 3.05) is 0 Å². The Morgan fingerprint density at radius 2 is 1.89 bits per heavy atom. The molecule has 0 aliphatic heterocycles. The Morgan fingerprint density at radius 1 is 1.18 bits per heavy atom. The van der Waals surface area contributed by atoms with Crippen molar-refractivity contribution in [1.82, 2.24) is 9.71 Å². The van der Waals surface area contributed by atoms with E-state index in [9.17, 15) is 13.2 Å². The normalized spacial score (nSPS) is 12.2. The van der Waals surface area contributed by atoms with Crippen molar-refractivity contribution < 1.29 is 13.2 Å². The van der Waals surface area contributed by atoms with Crippen molar-refractivity contribution in [2.24, 2.45) is 0 Å². The number of carbonyl (C=O) groups excluding carboxylic acids is 1. The lowest BCUT2D eigenvalue weighted by Gasteiger charge is -2.25. The molecule has 1 aromatic heterocycles. The third kappa shape index (κ3) is 3.92. The lowest BCUT2D eigenvalue weighted by Crippen LogP contribution is -2.43. The van der Waals surface area contributed by atoms with Crippen LogP contribution in [0.4, 0.5) is 0 Å². The molecule has 0 atom stereocenters. The Kier molecular flexibility index (Phi) is 5.53. The Hall–Kier alpha value is -1.96. The van der Waals surface area contributed by atoms with Crippen LogP contribution in [0.15, 0.2) is 58.0 Å². The van der Waals surface area contributed by atoms with Crippen LogP contribution in [-0.4, -0.2) is 19.3 Å². The number of nitrogens with zero attached hydrogens (tertiary/aromatic N) is 1. The van der Waals surface area contributed by atoms with E-state index in [1.807, 2.05) is 19.1 Å². The summed E-state index contributed by atoms with van der Waals surface area (Å²) >= 11 is 9.50. The minimum absolute atomic E-state index is 0.133. The molecule has 0 spiro atoms. The number of pyridine rings is 1. The number of fused-ring (bicyclic) bond motifs is 1. The number of amides is 1. The summed E-state index contributed by atoms with van der Waals surface area (Å²) in [5, 5.41) is 0.821. The number of nitrogens with one attached hydrogen (secondary N) is 1. The van der Waals surface area contributed by atoms with Gasteiger partial charge in [0, 0.05) is 21.1 Å². The second kappa shape index (κ2) is 7.46. The SMILES string of the molecule is Cc1cc(C(C)(C)C(=O)NS(=O)(=O)c2cc(Cl)cc3cccnc23)ccc1Br. The van der Waals surface area contributed by atoms with E-state index in [1.54, 1.807) is 38.1 Å². The van der Waals surface area contributed by atoms with E-state index in [1.165, 1.54) is 12.3 Å². The highest BCUT2D eigenvalue weighted by Crippen LogP contribution is 2.29. The zero-order valence-electron chi connectivity index (χ0n) is 15.5. The molecule has 1 amide bonds. The molecule has 2 aromatic carbocycles. The van der Waals surface area contributed by atoms with Gasteiger partial charge in [-0.25, -0.2) is 13.1 Å². The maximum absolute atomic E-state index is 13.0. The molecule has 3 rings (SSSR count). The minimum atomic E-state index is -4.17. The van der Waals surface area contributed by atoms with Crippen LogP contribution in [0.3, 0.4) is 0 Å². The second-order valence-electron chi connectivity index (χ2n) is 7.00. The Labute approximate surface area is 177 Å². The number of sulfonamides is 1. The van der Waals surface area contributed by atoms with Gasteiger partial charge in [-0.3, -0.25) is 9.78 Å². The summed E-state index contributed by atoms with van der Waals surface area (Å²) < 4.78 is 29.0. The van der Waals surface area contributed by atoms with Crippen LogP contribution < -0.4 is 4.72 Å². The molecular formula is C20H18BrClN2O3S. The highest BCUT2D eigenvalue weighted by molar-refractivity contribution is 9.10. The number of carbonyl (C=O) groups is 1. The molecule has 1 N–H and O–H groups in total. The van der Waals surface area contributed by atoms with E-state index >= 15 is 0 Å². The monoisotopic (exact) mass is 480 g/mol. The van der Waals surface area contributed by atoms with Gasteiger partial charge in [-0.05, 0) is 56.2 Å². The van der Waals surface area contributed by atoms with E-state index in [2.05, 4.69) is 25.6 Å². The third-order valence-corrected chi connectivity index (χ3v) is 7.05. The molecule has 0 bridgehead atoms. The van der Waals surface area contributed by atoms with Crippen LogP contribution in [0.5, 0.6) is 0 Å². The molecule has 8 heteroatoms. The third-order valence-electron chi connectivity index (χ3n) is 4.60. The first-order valence-electron chi connectivity index (χ1n) is 8.40. The van der Waals surface area contributed by atoms with Gasteiger partial charge in [0.25, 0.3) is 10.0 Å². The summed E-state index contributed by atoms with van der Waals surface area (Å²) in [5.74, 6) is -0.640. The molecule has 146 valence electrons. The van der Waals surface area contributed by atoms with Gasteiger partial charge in [0.1, 0.15) is 4.90 Å². The van der Waals surface area contributed by atoms with Crippen LogP contribution in [0.1, 0.15) is 25.0 Å². The predicted octanol–water partition coefficient (Wildman–Crippen LogP) is 4.74. The summed E-state index contributed by atoms with van der Waals surface area (Å²) in [6.07, 6.45) is 1.49. The van der Waals surface area contributed by atoms with E-state index in [-0.39, 0.29) is 15.4 Å². The Bertz CT molecular complexity index is 1190. The van der Waals surface area contributed by atoms with E-state index in [0.717, 1.165) is 10.0 Å². The smallest absolute Gasteiger partial charge is 0.266 e. The number of aryl methyl sites for hydroxylation is 1. The van der Waals surface area contributed by atoms with E-state index in [0.29, 0.717) is 10.9 Å². The fourth-order valence-electron chi connectivity index (χ4n) is 2.80. The van der Waals surface area contributed by atoms with Gasteiger partial charge in [-0.1, -0.05) is 45.7 Å². The zero-order chi connectivity index (χ0) is 20.7. The number of benzene rings is 2. The Balaban J connectivity index is 2.00. The van der Waals surface area contributed by atoms with Crippen LogP contribution >= 0.6 is 27.5 Å². The fraction of sp³-hybridized carbons (Fsp3) is 0.200. The number of halogens is 2. The molecule has 5 nitrogen and oxygen atoms in total. The van der Waals surface area contributed by atoms with Crippen molar-refractivity contribution in [1.29, 1.82) is 0 Å². The number of hydrogen-bond acceptors (Lipinski definition) is 4. The summed E-state index contributed by atoms with van der Waals surface area (Å²) in [6.45, 7) is 5.26. The Morgan fingerprint density at radius 3 is 2.57 bits per heavy atom. The van der Waals surface area contributed by atoms with Crippen molar-refractivity contribution >= 4 is 54.4 Å². The first kappa shape index (κ1) is 20.8. The molecule has 28 heavy (non-hydrogen) atoms. The van der Waals surface area contributed by atoms with Crippen LogP contribution in [0.25, 0.3) is 10.9 Å². The number of hydrogen-bond donors (Lipinski definition) is 1. The molecule has 0 radical (unpaired) electrons. The highest BCUT2D eigenvalue weighted by atomic mass is 79.9. The van der Waals surface area contributed by atoms with Crippen molar-refractivity contribution in [3.8, 4) is 0 Å². The second-order valence-corrected chi connectivity index (χ2v) is 9.94. The molecule has 0 aliphatic rings. The number of aromatic nitrogens is 1. The summed E-state index contributed by atoms with van der Waals surface area (Å²) in [4.78, 5) is 16.9. The van der Waals surface area contributed by atoms with Crippen molar-refractivity contribution in [2.45, 2.75) is 31.1 Å². The molecule has 0 fully saturated rings. The summed E-state index contributed by atoms with van der Waals surface area (Å²) in [6, 6.07) is 11.8. The quantitative estimate of drug-likeness (QED) is 0.584. The van der Waals surface area contributed by atoms with Gasteiger partial charge >= 0.3 is 0 Å². The fourth-order valence-corrected chi connectivity index (χ4v) is 4.65. The average Bonchev–Trinajstić information content (AvgIpc) is 2.62. The molecule has 0 aliphatic carbocycles. The molecular weight excluding hydrogens is 464 g/mol. The molecule has 0 saturated heterocycles. The molecule has 0 saturated carbocycles. The molecule has 3 aromatic rings. The summed E-state index contributed by atoms with van der Waals surface area (Å²) in [5.41, 5.74) is 0.839. The highest BCUT2D eigenvalue weighted by Gasteiger charge is 2.34. The minimum Gasteiger partial charge on any atom is -0.273 e. The first-order chi connectivity index (χ1) is 13.0. The largest absolute Gasteiger partial charge is 0.273 e. The predicted molar refractivity (Wildman–Crippen MR) is 114 cm³/mol. The van der Waals surface area contributed by atoms with Gasteiger partial charge in [0.05, 0.1) is 10.9 Å². The van der Waals surface area contributed by atoms with E-state index < -0.39 is 21.3 Å². The molecule has 0 unspecified atom stereocenters. The van der Waals surface area contributed by atoms with E-state index in [4.69, 9.17) is 11.6 Å². The molecule has 1 heterocycles. The average molecular weight is 482 g/mol. The van der Waals surface area contributed by atoms with Gasteiger partial charge in [-0.2, -0.15) is 0 Å². The first-order valence-corrected chi connectivity index (χ1v) is 11.1. The van der Waals surface area contributed by atoms with Gasteiger partial charge < -0.3 is 0 Å². The van der Waals surface area contributed by atoms with Crippen LogP contribution in [0, 0.1) is 6.92 Å². The van der Waals surface area contributed by atoms with Gasteiger partial charge in [-0.15, -0.1) is 0 Å². The topological polar surface area (TPSA) is 76.1 Å². The van der Waals surface area contributed by atoms with Gasteiger partial charge in [0.2, 0.25) is 5.91 Å². The standard InChI is InChI=1S/C20H18BrClN2O3S/c1-12-9-14(6-7-16(12)21)20(2,3)19(25)24-28(26,27)17-11-15(22)10-13-5-4-8-23-18(13)17/h4-11H,1-3H3,(H,24,25). The van der Waals surface area contributed by atoms with Gasteiger partial charge in [0.15, 0.2) is 0 Å². The van der Waals surface area contributed by atoms with Crippen LogP contribution in [0.2, 0.25) is 5.02 Å². The van der Waals surface area contributed by atoms with Crippen LogP contribution in [-0.2, 0) is 20.2 Å². The van der Waals surface area contributed by atoms with Crippen molar-refractivity contribution in [3.05, 3.63) is 69.3 Å². The zero-order valence-corrected chi connectivity index (χ0v) is 18.6.